The SMILES string of the molecule is COCCOc1ccc(NC(=O)c2cn(Cc3ccccc3)nc2-c2ccccc2)cc1F. The highest BCUT2D eigenvalue weighted by atomic mass is 19.1. The fraction of sp³-hybridized carbons (Fsp3) is 0.154. The maximum absolute atomic E-state index is 14.4. The van der Waals surface area contributed by atoms with E-state index >= 15 is 0 Å². The molecule has 6 nitrogen and oxygen atoms in total. The Morgan fingerprint density at radius 1 is 1.00 bits per heavy atom. The molecule has 1 aromatic heterocycles. The lowest BCUT2D eigenvalue weighted by Crippen LogP contribution is -2.13. The van der Waals surface area contributed by atoms with Gasteiger partial charge in [0.1, 0.15) is 12.3 Å². The molecule has 0 aliphatic rings. The average molecular weight is 445 g/mol. The summed E-state index contributed by atoms with van der Waals surface area (Å²) in [6.07, 6.45) is 1.71. The van der Waals surface area contributed by atoms with Gasteiger partial charge in [-0.05, 0) is 17.7 Å². The number of hydrogen-bond acceptors (Lipinski definition) is 4. The van der Waals surface area contributed by atoms with E-state index in [0.29, 0.717) is 30.1 Å². The number of aromatic nitrogens is 2. The normalized spacial score (nSPS) is 10.7. The topological polar surface area (TPSA) is 65.4 Å². The average Bonchev–Trinajstić information content (AvgIpc) is 3.26. The number of amides is 1. The third-order valence-corrected chi connectivity index (χ3v) is 4.98. The number of carbonyl (C=O) groups is 1. The molecule has 168 valence electrons. The molecular weight excluding hydrogens is 421 g/mol. The lowest BCUT2D eigenvalue weighted by molar-refractivity contribution is 0.102. The van der Waals surface area contributed by atoms with Gasteiger partial charge >= 0.3 is 0 Å². The fourth-order valence-corrected chi connectivity index (χ4v) is 3.38. The lowest BCUT2D eigenvalue weighted by atomic mass is 10.1. The first-order valence-electron chi connectivity index (χ1n) is 10.5. The molecule has 0 unspecified atom stereocenters. The van der Waals surface area contributed by atoms with E-state index in [2.05, 4.69) is 10.4 Å². The highest BCUT2D eigenvalue weighted by molar-refractivity contribution is 6.08. The van der Waals surface area contributed by atoms with Crippen LogP contribution in [0.15, 0.2) is 85.1 Å². The van der Waals surface area contributed by atoms with Gasteiger partial charge in [-0.1, -0.05) is 60.7 Å². The van der Waals surface area contributed by atoms with Crippen LogP contribution in [-0.4, -0.2) is 36.0 Å². The van der Waals surface area contributed by atoms with E-state index < -0.39 is 5.82 Å². The second-order valence-corrected chi connectivity index (χ2v) is 7.38. The molecule has 3 aromatic carbocycles. The second kappa shape index (κ2) is 10.6. The van der Waals surface area contributed by atoms with Gasteiger partial charge in [0.25, 0.3) is 5.91 Å². The van der Waals surface area contributed by atoms with Gasteiger partial charge < -0.3 is 14.8 Å². The van der Waals surface area contributed by atoms with Crippen molar-refractivity contribution in [2.75, 3.05) is 25.6 Å². The standard InChI is InChI=1S/C26H24FN3O3/c1-32-14-15-33-24-13-12-21(16-23(24)27)28-26(31)22-18-30(17-19-8-4-2-5-9-19)29-25(22)20-10-6-3-7-11-20/h2-13,16,18H,14-15,17H2,1H3,(H,28,31). The Kier molecular flexibility index (Phi) is 7.12. The van der Waals surface area contributed by atoms with Crippen molar-refractivity contribution in [3.8, 4) is 17.0 Å². The largest absolute Gasteiger partial charge is 0.488 e. The molecule has 4 rings (SSSR count). The van der Waals surface area contributed by atoms with E-state index in [0.717, 1.165) is 11.1 Å². The van der Waals surface area contributed by atoms with Gasteiger partial charge in [-0.2, -0.15) is 5.10 Å². The van der Waals surface area contributed by atoms with Gasteiger partial charge in [-0.15, -0.1) is 0 Å². The van der Waals surface area contributed by atoms with Crippen molar-refractivity contribution in [1.29, 1.82) is 0 Å². The molecule has 0 atom stereocenters. The number of nitrogens with zero attached hydrogens (tertiary/aromatic N) is 2. The van der Waals surface area contributed by atoms with Crippen molar-refractivity contribution in [2.24, 2.45) is 0 Å². The van der Waals surface area contributed by atoms with Gasteiger partial charge in [0.05, 0.1) is 18.7 Å². The Morgan fingerprint density at radius 2 is 1.73 bits per heavy atom. The predicted molar refractivity (Wildman–Crippen MR) is 125 cm³/mol. The van der Waals surface area contributed by atoms with Gasteiger partial charge in [-0.25, -0.2) is 4.39 Å². The molecular formula is C26H24FN3O3. The number of carbonyl (C=O) groups excluding carboxylic acids is 1. The van der Waals surface area contributed by atoms with E-state index in [1.54, 1.807) is 24.1 Å². The summed E-state index contributed by atoms with van der Waals surface area (Å²) >= 11 is 0. The van der Waals surface area contributed by atoms with Crippen LogP contribution in [0.3, 0.4) is 0 Å². The summed E-state index contributed by atoms with van der Waals surface area (Å²) < 4.78 is 26.4. The maximum atomic E-state index is 14.4. The molecule has 1 heterocycles. The quantitative estimate of drug-likeness (QED) is 0.368. The zero-order valence-electron chi connectivity index (χ0n) is 18.2. The van der Waals surface area contributed by atoms with Crippen molar-refractivity contribution in [2.45, 2.75) is 6.54 Å². The van der Waals surface area contributed by atoms with E-state index in [4.69, 9.17) is 9.47 Å². The van der Waals surface area contributed by atoms with E-state index in [9.17, 15) is 9.18 Å². The molecule has 0 saturated heterocycles. The monoisotopic (exact) mass is 445 g/mol. The van der Waals surface area contributed by atoms with Gasteiger partial charge in [-0.3, -0.25) is 9.48 Å². The molecule has 0 spiro atoms. The Labute approximate surface area is 191 Å². The van der Waals surface area contributed by atoms with Gasteiger partial charge in [0, 0.05) is 30.6 Å². The summed E-state index contributed by atoms with van der Waals surface area (Å²) in [4.78, 5) is 13.1. The van der Waals surface area contributed by atoms with E-state index in [1.165, 1.54) is 12.1 Å². The first-order chi connectivity index (χ1) is 16.1. The van der Waals surface area contributed by atoms with Crippen LogP contribution >= 0.6 is 0 Å². The summed E-state index contributed by atoms with van der Waals surface area (Å²) in [6.45, 7) is 1.11. The van der Waals surface area contributed by atoms with Gasteiger partial charge in [0.2, 0.25) is 0 Å². The molecule has 0 fully saturated rings. The number of ether oxygens (including phenoxy) is 2. The molecule has 1 amide bonds. The molecule has 4 aromatic rings. The predicted octanol–water partition coefficient (Wildman–Crippen LogP) is 5.02. The van der Waals surface area contributed by atoms with Crippen molar-refractivity contribution in [3.63, 3.8) is 0 Å². The number of nitrogens with one attached hydrogen (secondary N) is 1. The third kappa shape index (κ3) is 5.64. The minimum absolute atomic E-state index is 0.103. The molecule has 0 aliphatic heterocycles. The first kappa shape index (κ1) is 22.2. The number of hydrogen-bond donors (Lipinski definition) is 1. The van der Waals surface area contributed by atoms with Crippen molar-refractivity contribution in [3.05, 3.63) is 102 Å². The van der Waals surface area contributed by atoms with Crippen LogP contribution in [0.1, 0.15) is 15.9 Å². The maximum Gasteiger partial charge on any atom is 0.259 e. The van der Waals surface area contributed by atoms with Crippen LogP contribution in [0.25, 0.3) is 11.3 Å². The van der Waals surface area contributed by atoms with Crippen molar-refractivity contribution < 1.29 is 18.7 Å². The highest BCUT2D eigenvalue weighted by Crippen LogP contribution is 2.25. The number of halogens is 1. The van der Waals surface area contributed by atoms with Crippen LogP contribution in [0.4, 0.5) is 10.1 Å². The lowest BCUT2D eigenvalue weighted by Gasteiger charge is -2.09. The summed E-state index contributed by atoms with van der Waals surface area (Å²) in [6, 6.07) is 23.7. The van der Waals surface area contributed by atoms with Gasteiger partial charge in [0.15, 0.2) is 11.6 Å². The number of anilines is 1. The molecule has 7 heteroatoms. The molecule has 0 aliphatic carbocycles. The highest BCUT2D eigenvalue weighted by Gasteiger charge is 2.19. The molecule has 1 N–H and O–H groups in total. The molecule has 0 bridgehead atoms. The summed E-state index contributed by atoms with van der Waals surface area (Å²) in [5.74, 6) is -0.835. The number of rotatable bonds is 9. The molecule has 0 saturated carbocycles. The Balaban J connectivity index is 1.58. The van der Waals surface area contributed by atoms with Crippen molar-refractivity contribution in [1.82, 2.24) is 9.78 Å². The number of methoxy groups -OCH3 is 1. The zero-order valence-corrected chi connectivity index (χ0v) is 18.2. The molecule has 33 heavy (non-hydrogen) atoms. The minimum atomic E-state index is -0.563. The van der Waals surface area contributed by atoms with E-state index in [1.807, 2.05) is 60.7 Å². The van der Waals surface area contributed by atoms with Crippen molar-refractivity contribution >= 4 is 11.6 Å². The van der Waals surface area contributed by atoms with Crippen LogP contribution in [0.5, 0.6) is 5.75 Å². The van der Waals surface area contributed by atoms with Crippen LogP contribution in [0, 0.1) is 5.82 Å². The first-order valence-corrected chi connectivity index (χ1v) is 10.5. The molecule has 0 radical (unpaired) electrons. The summed E-state index contributed by atoms with van der Waals surface area (Å²) in [5, 5.41) is 7.43. The van der Waals surface area contributed by atoms with Crippen LogP contribution in [-0.2, 0) is 11.3 Å². The van der Waals surface area contributed by atoms with Crippen LogP contribution in [0.2, 0.25) is 0 Å². The minimum Gasteiger partial charge on any atom is -0.488 e. The summed E-state index contributed by atoms with van der Waals surface area (Å²) in [7, 11) is 1.55. The smallest absolute Gasteiger partial charge is 0.259 e. The van der Waals surface area contributed by atoms with Crippen LogP contribution < -0.4 is 10.1 Å². The van der Waals surface area contributed by atoms with E-state index in [-0.39, 0.29) is 18.3 Å². The summed E-state index contributed by atoms with van der Waals surface area (Å²) in [5.41, 5.74) is 3.17. The zero-order chi connectivity index (χ0) is 23.0. The third-order valence-electron chi connectivity index (χ3n) is 4.98. The second-order valence-electron chi connectivity index (χ2n) is 7.38. The Bertz CT molecular complexity index is 1210. The fourth-order valence-electron chi connectivity index (χ4n) is 3.38. The Hall–Kier alpha value is -3.97. The Morgan fingerprint density at radius 3 is 2.42 bits per heavy atom. The number of benzene rings is 3.